The maximum absolute atomic E-state index is 11.1. The van der Waals surface area contributed by atoms with Gasteiger partial charge >= 0.3 is 5.97 Å². The molecule has 0 saturated heterocycles. The third-order valence-electron chi connectivity index (χ3n) is 5.59. The summed E-state index contributed by atoms with van der Waals surface area (Å²) in [5.41, 5.74) is 5.31. The van der Waals surface area contributed by atoms with Crippen LogP contribution in [0.5, 0.6) is 5.75 Å². The molecule has 1 N–H and O–H groups in total. The zero-order chi connectivity index (χ0) is 23.9. The molecule has 34 heavy (non-hydrogen) atoms. The van der Waals surface area contributed by atoms with Crippen LogP contribution in [0.2, 0.25) is 0 Å². The Hall–Kier alpha value is -4.12. The molecule has 0 saturated carbocycles. The summed E-state index contributed by atoms with van der Waals surface area (Å²) < 4.78 is 5.81. The molecular formula is C29H28N2O3. The minimum atomic E-state index is -1.05. The van der Waals surface area contributed by atoms with E-state index >= 15 is 0 Å². The molecule has 5 heteroatoms. The van der Waals surface area contributed by atoms with E-state index in [0.717, 1.165) is 17.7 Å². The van der Waals surface area contributed by atoms with Crippen molar-refractivity contribution in [3.8, 4) is 16.9 Å². The van der Waals surface area contributed by atoms with Crippen LogP contribution in [-0.2, 0) is 13.2 Å². The summed E-state index contributed by atoms with van der Waals surface area (Å²) in [4.78, 5) is 17.6. The number of hydrogen-bond acceptors (Lipinski definition) is 4. The van der Waals surface area contributed by atoms with E-state index in [2.05, 4.69) is 72.3 Å². The Morgan fingerprint density at radius 3 is 2.32 bits per heavy atom. The zero-order valence-electron chi connectivity index (χ0n) is 19.4. The van der Waals surface area contributed by atoms with Crippen molar-refractivity contribution >= 4 is 11.7 Å². The highest BCUT2D eigenvalue weighted by Gasteiger charge is 2.12. The molecule has 172 valence electrons. The van der Waals surface area contributed by atoms with Crippen LogP contribution in [-0.4, -0.2) is 22.1 Å². The first-order valence-corrected chi connectivity index (χ1v) is 11.3. The molecule has 4 rings (SSSR count). The summed E-state index contributed by atoms with van der Waals surface area (Å²) >= 11 is 0. The Balaban J connectivity index is 1.44. The summed E-state index contributed by atoms with van der Waals surface area (Å²) in [6.45, 7) is 5.46. The number of rotatable bonds is 9. The Morgan fingerprint density at radius 2 is 1.62 bits per heavy atom. The van der Waals surface area contributed by atoms with Crippen molar-refractivity contribution in [1.82, 2.24) is 4.98 Å². The minimum Gasteiger partial charge on any atom is -0.487 e. The number of aromatic nitrogens is 1. The first-order valence-electron chi connectivity index (χ1n) is 11.3. The van der Waals surface area contributed by atoms with Crippen molar-refractivity contribution in [3.05, 3.63) is 114 Å². The molecular weight excluding hydrogens is 424 g/mol. The van der Waals surface area contributed by atoms with Crippen LogP contribution < -0.4 is 9.64 Å². The van der Waals surface area contributed by atoms with Gasteiger partial charge in [0, 0.05) is 18.3 Å². The zero-order valence-corrected chi connectivity index (χ0v) is 19.4. The lowest BCUT2D eigenvalue weighted by Gasteiger charge is -2.29. The summed E-state index contributed by atoms with van der Waals surface area (Å²) in [5, 5.41) is 9.08. The van der Waals surface area contributed by atoms with Crippen molar-refractivity contribution in [2.24, 2.45) is 0 Å². The number of benzene rings is 3. The van der Waals surface area contributed by atoms with Crippen LogP contribution in [0.25, 0.3) is 11.1 Å². The number of carboxylic acid groups (broad SMARTS) is 1. The quantitative estimate of drug-likeness (QED) is 0.317. The summed E-state index contributed by atoms with van der Waals surface area (Å²) in [6.07, 6.45) is 0. The number of carbonyl (C=O) groups is 1. The maximum Gasteiger partial charge on any atom is 0.354 e. The Labute approximate surface area is 200 Å². The second kappa shape index (κ2) is 10.7. The van der Waals surface area contributed by atoms with E-state index in [0.29, 0.717) is 17.5 Å². The van der Waals surface area contributed by atoms with Crippen molar-refractivity contribution < 1.29 is 14.6 Å². The molecule has 4 aromatic rings. The van der Waals surface area contributed by atoms with Crippen molar-refractivity contribution in [3.63, 3.8) is 0 Å². The predicted molar refractivity (Wildman–Crippen MR) is 135 cm³/mol. The first-order chi connectivity index (χ1) is 16.5. The number of aromatic carboxylic acids is 1. The van der Waals surface area contributed by atoms with E-state index in [-0.39, 0.29) is 12.3 Å². The lowest BCUT2D eigenvalue weighted by atomic mass is 10.0. The van der Waals surface area contributed by atoms with Crippen molar-refractivity contribution in [2.45, 2.75) is 33.0 Å². The minimum absolute atomic E-state index is 0.0135. The van der Waals surface area contributed by atoms with Crippen LogP contribution in [0.1, 0.15) is 35.6 Å². The molecule has 0 bridgehead atoms. The van der Waals surface area contributed by atoms with E-state index in [1.54, 1.807) is 12.1 Å². The number of nitrogens with zero attached hydrogens (tertiary/aromatic N) is 2. The molecule has 0 atom stereocenters. The third-order valence-corrected chi connectivity index (χ3v) is 5.59. The molecule has 0 radical (unpaired) electrons. The fourth-order valence-corrected chi connectivity index (χ4v) is 3.82. The van der Waals surface area contributed by atoms with Gasteiger partial charge in [-0.05, 0) is 73.0 Å². The van der Waals surface area contributed by atoms with Crippen molar-refractivity contribution in [2.75, 3.05) is 4.90 Å². The van der Waals surface area contributed by atoms with Crippen molar-refractivity contribution in [1.29, 1.82) is 0 Å². The van der Waals surface area contributed by atoms with E-state index in [4.69, 9.17) is 9.84 Å². The van der Waals surface area contributed by atoms with Gasteiger partial charge in [0.15, 0.2) is 0 Å². The number of ether oxygens (including phenoxy) is 1. The van der Waals surface area contributed by atoms with E-state index in [1.165, 1.54) is 17.3 Å². The van der Waals surface area contributed by atoms with Crippen LogP contribution in [0.15, 0.2) is 97.1 Å². The van der Waals surface area contributed by atoms with E-state index in [9.17, 15) is 4.79 Å². The molecule has 1 heterocycles. The van der Waals surface area contributed by atoms with Gasteiger partial charge in [-0.2, -0.15) is 0 Å². The first kappa shape index (κ1) is 23.1. The van der Waals surface area contributed by atoms with Crippen LogP contribution in [0, 0.1) is 0 Å². The van der Waals surface area contributed by atoms with Gasteiger partial charge in [-0.3, -0.25) is 0 Å². The summed E-state index contributed by atoms with van der Waals surface area (Å²) in [7, 11) is 0. The number of hydrogen-bond donors (Lipinski definition) is 1. The molecule has 0 spiro atoms. The molecule has 0 amide bonds. The fraction of sp³-hybridized carbons (Fsp3) is 0.172. The molecule has 0 aliphatic rings. The van der Waals surface area contributed by atoms with Crippen LogP contribution in [0.3, 0.4) is 0 Å². The second-order valence-electron chi connectivity index (χ2n) is 8.39. The Bertz CT molecular complexity index is 1240. The highest BCUT2D eigenvalue weighted by atomic mass is 16.5. The number of para-hydroxylation sites is 1. The third kappa shape index (κ3) is 5.81. The van der Waals surface area contributed by atoms with Gasteiger partial charge in [-0.15, -0.1) is 0 Å². The molecule has 0 fully saturated rings. The Kier molecular flexibility index (Phi) is 7.23. The topological polar surface area (TPSA) is 62.7 Å². The van der Waals surface area contributed by atoms with Crippen LogP contribution in [0.4, 0.5) is 5.69 Å². The second-order valence-corrected chi connectivity index (χ2v) is 8.39. The highest BCUT2D eigenvalue weighted by molar-refractivity contribution is 5.85. The fourth-order valence-electron chi connectivity index (χ4n) is 3.82. The lowest BCUT2D eigenvalue weighted by molar-refractivity contribution is 0.0690. The number of carboxylic acids is 1. The molecule has 5 nitrogen and oxygen atoms in total. The maximum atomic E-state index is 11.1. The van der Waals surface area contributed by atoms with Gasteiger partial charge in [-0.25, -0.2) is 9.78 Å². The average molecular weight is 453 g/mol. The van der Waals surface area contributed by atoms with E-state index < -0.39 is 5.97 Å². The van der Waals surface area contributed by atoms with Gasteiger partial charge < -0.3 is 14.7 Å². The molecule has 1 aromatic heterocycles. The molecule has 0 unspecified atom stereocenters. The average Bonchev–Trinajstić information content (AvgIpc) is 2.87. The smallest absolute Gasteiger partial charge is 0.354 e. The van der Waals surface area contributed by atoms with Gasteiger partial charge in [0.1, 0.15) is 18.1 Å². The molecule has 3 aromatic carbocycles. The standard InChI is InChI=1S/C29H28N2O3/c1-21(2)31(26-11-4-3-5-12-26)19-22-8-6-9-24(18-22)23-14-16-27(17-15-23)34-20-25-10-7-13-28(30-25)29(32)33/h3-18,21H,19-20H2,1-2H3,(H,32,33). The molecule has 0 aliphatic carbocycles. The van der Waals surface area contributed by atoms with Gasteiger partial charge in [-0.1, -0.05) is 54.6 Å². The van der Waals surface area contributed by atoms with E-state index in [1.807, 2.05) is 30.3 Å². The van der Waals surface area contributed by atoms with Crippen LogP contribution >= 0.6 is 0 Å². The number of pyridine rings is 1. The monoisotopic (exact) mass is 452 g/mol. The van der Waals surface area contributed by atoms with Gasteiger partial charge in [0.25, 0.3) is 0 Å². The highest BCUT2D eigenvalue weighted by Crippen LogP contribution is 2.26. The normalized spacial score (nSPS) is 10.8. The van der Waals surface area contributed by atoms with Gasteiger partial charge in [0.05, 0.1) is 5.69 Å². The Morgan fingerprint density at radius 1 is 0.882 bits per heavy atom. The predicted octanol–water partition coefficient (Wildman–Crippen LogP) is 6.44. The summed E-state index contributed by atoms with van der Waals surface area (Å²) in [5.74, 6) is -0.341. The SMILES string of the molecule is CC(C)N(Cc1cccc(-c2ccc(OCc3cccc(C(=O)O)n3)cc2)c1)c1ccccc1. The molecule has 0 aliphatic heterocycles. The lowest BCUT2D eigenvalue weighted by Crippen LogP contribution is -2.30. The largest absolute Gasteiger partial charge is 0.487 e. The number of anilines is 1. The van der Waals surface area contributed by atoms with Gasteiger partial charge in [0.2, 0.25) is 0 Å². The summed E-state index contributed by atoms with van der Waals surface area (Å²) in [6, 6.07) is 32.3.